The number of likely N-dealkylation sites (N-methyl/N-ethyl adjacent to an activating group) is 1. The molecular weight excluding hydrogens is 304 g/mol. The molecule has 0 bridgehead atoms. The van der Waals surface area contributed by atoms with E-state index in [-0.39, 0.29) is 18.0 Å². The topological polar surface area (TPSA) is 68.1 Å². The number of aromatic nitrogens is 3. The molecule has 0 saturated heterocycles. The molecule has 0 aliphatic heterocycles. The van der Waals surface area contributed by atoms with Crippen molar-refractivity contribution in [3.63, 3.8) is 0 Å². The molecule has 122 valence electrons. The summed E-state index contributed by atoms with van der Waals surface area (Å²) in [6, 6.07) is 9.18. The molecule has 0 unspecified atom stereocenters. The Morgan fingerprint density at radius 1 is 1.21 bits per heavy atom. The van der Waals surface area contributed by atoms with E-state index < -0.39 is 0 Å². The number of amides is 1. The van der Waals surface area contributed by atoms with Crippen molar-refractivity contribution in [2.75, 3.05) is 7.05 Å². The van der Waals surface area contributed by atoms with Crippen LogP contribution >= 0.6 is 0 Å². The van der Waals surface area contributed by atoms with E-state index in [9.17, 15) is 9.59 Å². The van der Waals surface area contributed by atoms with Crippen LogP contribution in [0.2, 0.25) is 0 Å². The molecule has 2 aromatic heterocycles. The quantitative estimate of drug-likeness (QED) is 0.734. The van der Waals surface area contributed by atoms with Crippen molar-refractivity contribution in [3.05, 3.63) is 70.5 Å². The third-order valence-corrected chi connectivity index (χ3v) is 3.96. The predicted octanol–water partition coefficient (Wildman–Crippen LogP) is 1.76. The Morgan fingerprint density at radius 2 is 1.96 bits per heavy atom. The van der Waals surface area contributed by atoms with E-state index in [2.05, 4.69) is 9.97 Å². The van der Waals surface area contributed by atoms with Crippen LogP contribution in [-0.2, 0) is 17.9 Å². The lowest BCUT2D eigenvalue weighted by molar-refractivity contribution is -0.131. The van der Waals surface area contributed by atoms with E-state index in [0.29, 0.717) is 17.4 Å². The smallest absolute Gasteiger partial charge is 0.261 e. The number of hydrogen-bond acceptors (Lipinski definition) is 4. The zero-order chi connectivity index (χ0) is 17.1. The Morgan fingerprint density at radius 3 is 2.71 bits per heavy atom. The average Bonchev–Trinajstić information content (AvgIpc) is 2.59. The number of hydrogen-bond donors (Lipinski definition) is 0. The predicted molar refractivity (Wildman–Crippen MR) is 91.5 cm³/mol. The molecule has 2 heterocycles. The second kappa shape index (κ2) is 6.62. The number of rotatable bonds is 4. The molecule has 6 heteroatoms. The van der Waals surface area contributed by atoms with Crippen LogP contribution in [0.3, 0.4) is 0 Å². The van der Waals surface area contributed by atoms with Gasteiger partial charge in [-0.2, -0.15) is 0 Å². The molecule has 0 fully saturated rings. The maximum atomic E-state index is 12.5. The van der Waals surface area contributed by atoms with Crippen molar-refractivity contribution in [2.45, 2.75) is 20.0 Å². The zero-order valence-electron chi connectivity index (χ0n) is 13.6. The second-order valence-corrected chi connectivity index (χ2v) is 5.75. The van der Waals surface area contributed by atoms with Gasteiger partial charge in [-0.15, -0.1) is 0 Å². The fourth-order valence-corrected chi connectivity index (χ4v) is 2.57. The highest BCUT2D eigenvalue weighted by molar-refractivity contribution is 5.81. The summed E-state index contributed by atoms with van der Waals surface area (Å²) < 4.78 is 1.35. The van der Waals surface area contributed by atoms with E-state index in [4.69, 9.17) is 0 Å². The van der Waals surface area contributed by atoms with Crippen molar-refractivity contribution >= 4 is 16.8 Å². The van der Waals surface area contributed by atoms with Gasteiger partial charge < -0.3 is 4.90 Å². The lowest BCUT2D eigenvalue weighted by Crippen LogP contribution is -2.33. The number of benzene rings is 1. The van der Waals surface area contributed by atoms with Crippen LogP contribution in [-0.4, -0.2) is 32.4 Å². The summed E-state index contributed by atoms with van der Waals surface area (Å²) in [5, 5.41) is 0.530. The normalized spacial score (nSPS) is 10.8. The van der Waals surface area contributed by atoms with Gasteiger partial charge in [0.05, 0.1) is 17.2 Å². The van der Waals surface area contributed by atoms with Gasteiger partial charge in [0.1, 0.15) is 6.54 Å². The van der Waals surface area contributed by atoms with Crippen LogP contribution in [0.1, 0.15) is 11.1 Å². The van der Waals surface area contributed by atoms with Crippen molar-refractivity contribution in [1.82, 2.24) is 19.4 Å². The third-order valence-electron chi connectivity index (χ3n) is 3.96. The number of nitrogens with zero attached hydrogens (tertiary/aromatic N) is 4. The summed E-state index contributed by atoms with van der Waals surface area (Å²) in [4.78, 5) is 34.8. The Hall–Kier alpha value is -3.02. The Labute approximate surface area is 139 Å². The summed E-state index contributed by atoms with van der Waals surface area (Å²) in [7, 11) is 1.71. The standard InChI is InChI=1S/C18H18N4O2/c1-13-4-3-5-15-17(13)20-12-22(18(15)24)11-16(23)21(2)10-14-6-8-19-9-7-14/h3-9,12H,10-11H2,1-2H3. The Balaban J connectivity index is 1.80. The summed E-state index contributed by atoms with van der Waals surface area (Å²) in [6.07, 6.45) is 4.82. The van der Waals surface area contributed by atoms with Gasteiger partial charge in [0.25, 0.3) is 5.56 Å². The van der Waals surface area contributed by atoms with Crippen LogP contribution in [0.25, 0.3) is 10.9 Å². The van der Waals surface area contributed by atoms with E-state index >= 15 is 0 Å². The molecule has 3 aromatic rings. The molecule has 0 saturated carbocycles. The lowest BCUT2D eigenvalue weighted by Gasteiger charge is -2.18. The van der Waals surface area contributed by atoms with Crippen LogP contribution < -0.4 is 5.56 Å². The molecule has 0 atom stereocenters. The summed E-state index contributed by atoms with van der Waals surface area (Å²) in [5.41, 5.74) is 2.41. The third kappa shape index (κ3) is 3.17. The first-order valence-electron chi connectivity index (χ1n) is 7.64. The molecule has 1 amide bonds. The molecule has 3 rings (SSSR count). The van der Waals surface area contributed by atoms with Gasteiger partial charge in [-0.05, 0) is 36.2 Å². The highest BCUT2D eigenvalue weighted by Crippen LogP contribution is 2.11. The first-order valence-corrected chi connectivity index (χ1v) is 7.64. The second-order valence-electron chi connectivity index (χ2n) is 5.75. The average molecular weight is 322 g/mol. The molecule has 0 aliphatic carbocycles. The number of fused-ring (bicyclic) bond motifs is 1. The van der Waals surface area contributed by atoms with Crippen molar-refractivity contribution in [3.8, 4) is 0 Å². The van der Waals surface area contributed by atoms with Crippen molar-refractivity contribution in [1.29, 1.82) is 0 Å². The first-order chi connectivity index (χ1) is 11.6. The monoisotopic (exact) mass is 322 g/mol. The number of carbonyl (C=O) groups is 1. The Kier molecular flexibility index (Phi) is 4.37. The molecule has 0 spiro atoms. The summed E-state index contributed by atoms with van der Waals surface area (Å²) >= 11 is 0. The maximum Gasteiger partial charge on any atom is 0.261 e. The molecule has 24 heavy (non-hydrogen) atoms. The largest absolute Gasteiger partial charge is 0.340 e. The maximum absolute atomic E-state index is 12.5. The van der Waals surface area contributed by atoms with Gasteiger partial charge in [0.2, 0.25) is 5.91 Å². The molecule has 6 nitrogen and oxygen atoms in total. The van der Waals surface area contributed by atoms with Gasteiger partial charge in [-0.3, -0.25) is 19.1 Å². The number of carbonyl (C=O) groups excluding carboxylic acids is 1. The summed E-state index contributed by atoms with van der Waals surface area (Å²) in [6.45, 7) is 2.35. The van der Waals surface area contributed by atoms with Gasteiger partial charge in [-0.1, -0.05) is 12.1 Å². The van der Waals surface area contributed by atoms with Crippen molar-refractivity contribution < 1.29 is 4.79 Å². The van der Waals surface area contributed by atoms with Gasteiger partial charge in [0.15, 0.2) is 0 Å². The SMILES string of the molecule is Cc1cccc2c(=O)n(CC(=O)N(C)Cc3ccncc3)cnc12. The van der Waals surface area contributed by atoms with E-state index in [0.717, 1.165) is 11.1 Å². The summed E-state index contributed by atoms with van der Waals surface area (Å²) in [5.74, 6) is -0.150. The molecule has 0 radical (unpaired) electrons. The molecule has 0 N–H and O–H groups in total. The van der Waals surface area contributed by atoms with Gasteiger partial charge >= 0.3 is 0 Å². The fourth-order valence-electron chi connectivity index (χ4n) is 2.57. The van der Waals surface area contributed by atoms with E-state index in [1.165, 1.54) is 10.9 Å². The van der Waals surface area contributed by atoms with Gasteiger partial charge in [-0.25, -0.2) is 4.98 Å². The first kappa shape index (κ1) is 15.9. The number of para-hydroxylation sites is 1. The lowest BCUT2D eigenvalue weighted by atomic mass is 10.1. The minimum absolute atomic E-state index is 0.0305. The number of aryl methyl sites for hydroxylation is 1. The Bertz CT molecular complexity index is 935. The van der Waals surface area contributed by atoms with E-state index in [1.54, 1.807) is 30.4 Å². The molecular formula is C18H18N4O2. The highest BCUT2D eigenvalue weighted by atomic mass is 16.2. The molecule has 0 aliphatic rings. The minimum Gasteiger partial charge on any atom is -0.340 e. The highest BCUT2D eigenvalue weighted by Gasteiger charge is 2.13. The minimum atomic E-state index is -0.200. The van der Waals surface area contributed by atoms with Gasteiger partial charge in [0, 0.05) is 26.0 Å². The van der Waals surface area contributed by atoms with Crippen molar-refractivity contribution in [2.24, 2.45) is 0 Å². The van der Waals surface area contributed by atoms with Crippen LogP contribution in [0, 0.1) is 6.92 Å². The zero-order valence-corrected chi connectivity index (χ0v) is 13.6. The van der Waals surface area contributed by atoms with Crippen LogP contribution in [0.5, 0.6) is 0 Å². The number of pyridine rings is 1. The fraction of sp³-hybridized carbons (Fsp3) is 0.222. The van der Waals surface area contributed by atoms with Crippen LogP contribution in [0.4, 0.5) is 0 Å². The van der Waals surface area contributed by atoms with Crippen LogP contribution in [0.15, 0.2) is 53.8 Å². The van der Waals surface area contributed by atoms with E-state index in [1.807, 2.05) is 31.2 Å². The molecule has 1 aromatic carbocycles.